The lowest BCUT2D eigenvalue weighted by Gasteiger charge is -2.29. The quantitative estimate of drug-likeness (QED) is 0.323. The van der Waals surface area contributed by atoms with Gasteiger partial charge in [-0.3, -0.25) is 9.78 Å². The molecule has 5 rings (SSSR count). The molecule has 1 amide bonds. The molecule has 1 aliphatic rings. The molecule has 1 saturated heterocycles. The van der Waals surface area contributed by atoms with Crippen LogP contribution < -0.4 is 20.4 Å². The lowest BCUT2D eigenvalue weighted by Crippen LogP contribution is -2.30. The highest BCUT2D eigenvalue weighted by Crippen LogP contribution is 2.42. The van der Waals surface area contributed by atoms with E-state index in [2.05, 4.69) is 72.6 Å². The predicted molar refractivity (Wildman–Crippen MR) is 155 cm³/mol. The first-order valence-electron chi connectivity index (χ1n) is 12.3. The molecule has 194 valence electrons. The number of benzene rings is 2. The number of aromatic nitrogens is 2. The van der Waals surface area contributed by atoms with Crippen molar-refractivity contribution in [3.05, 3.63) is 103 Å². The second-order valence-electron chi connectivity index (χ2n) is 9.24. The van der Waals surface area contributed by atoms with E-state index in [4.69, 9.17) is 17.0 Å². The minimum Gasteiger partial charge on any atom is -0.378 e. The molecule has 8 nitrogen and oxygen atoms in total. The van der Waals surface area contributed by atoms with Crippen molar-refractivity contribution in [2.45, 2.75) is 12.1 Å². The van der Waals surface area contributed by atoms with Crippen molar-refractivity contribution in [3.63, 3.8) is 0 Å². The smallest absolute Gasteiger partial charge is 0.250 e. The Kier molecular flexibility index (Phi) is 7.39. The van der Waals surface area contributed by atoms with Gasteiger partial charge in [-0.1, -0.05) is 6.07 Å². The SMILES string of the molecule is COCC(=O)Nc1ccc(N2C(=S)N[C@H](c3ccccn3)[C@H]2c2cccn2-c2ccc(N(C)C)cc2)cc1. The van der Waals surface area contributed by atoms with Crippen LogP contribution in [0.3, 0.4) is 0 Å². The number of ether oxygens (including phenoxy) is 1. The molecule has 4 aromatic rings. The highest BCUT2D eigenvalue weighted by molar-refractivity contribution is 7.80. The van der Waals surface area contributed by atoms with Crippen molar-refractivity contribution in [1.29, 1.82) is 0 Å². The van der Waals surface area contributed by atoms with Crippen LogP contribution in [-0.4, -0.2) is 48.4 Å². The molecule has 0 spiro atoms. The molecule has 3 heterocycles. The summed E-state index contributed by atoms with van der Waals surface area (Å²) in [6.07, 6.45) is 3.87. The minimum atomic E-state index is -0.204. The van der Waals surface area contributed by atoms with Gasteiger partial charge >= 0.3 is 0 Å². The van der Waals surface area contributed by atoms with Crippen molar-refractivity contribution in [1.82, 2.24) is 14.9 Å². The average Bonchev–Trinajstić information content (AvgIpc) is 3.54. The van der Waals surface area contributed by atoms with E-state index in [9.17, 15) is 4.79 Å². The number of nitrogens with zero attached hydrogens (tertiary/aromatic N) is 4. The Morgan fingerprint density at radius 1 is 1.03 bits per heavy atom. The Morgan fingerprint density at radius 3 is 2.42 bits per heavy atom. The number of anilines is 3. The van der Waals surface area contributed by atoms with Gasteiger partial charge < -0.3 is 29.7 Å². The summed E-state index contributed by atoms with van der Waals surface area (Å²) in [5.41, 5.74) is 5.77. The average molecular weight is 527 g/mol. The molecule has 1 aliphatic heterocycles. The van der Waals surface area contributed by atoms with Crippen molar-refractivity contribution in [2.75, 3.05) is 42.9 Å². The fourth-order valence-electron chi connectivity index (χ4n) is 4.75. The number of carbonyl (C=O) groups is 1. The molecule has 0 aliphatic carbocycles. The summed E-state index contributed by atoms with van der Waals surface area (Å²) >= 11 is 5.88. The first kappa shape index (κ1) is 25.4. The lowest BCUT2D eigenvalue weighted by atomic mass is 10.0. The van der Waals surface area contributed by atoms with Crippen LogP contribution in [0.2, 0.25) is 0 Å². The number of methoxy groups -OCH3 is 1. The van der Waals surface area contributed by atoms with Gasteiger partial charge in [0.25, 0.3) is 0 Å². The zero-order valence-electron chi connectivity index (χ0n) is 21.5. The van der Waals surface area contributed by atoms with Gasteiger partial charge in [0.1, 0.15) is 12.6 Å². The molecule has 9 heteroatoms. The second kappa shape index (κ2) is 11.0. The van der Waals surface area contributed by atoms with E-state index in [0.717, 1.165) is 28.5 Å². The summed E-state index contributed by atoms with van der Waals surface area (Å²) in [5, 5.41) is 6.96. The fourth-order valence-corrected chi connectivity index (χ4v) is 5.09. The third-order valence-electron chi connectivity index (χ3n) is 6.53. The van der Waals surface area contributed by atoms with Crippen LogP contribution in [0, 0.1) is 0 Å². The van der Waals surface area contributed by atoms with Crippen LogP contribution in [0.25, 0.3) is 5.69 Å². The first-order valence-corrected chi connectivity index (χ1v) is 12.7. The van der Waals surface area contributed by atoms with Gasteiger partial charge in [0.2, 0.25) is 5.91 Å². The molecule has 2 N–H and O–H groups in total. The number of rotatable bonds is 8. The van der Waals surface area contributed by atoms with E-state index in [0.29, 0.717) is 10.8 Å². The third-order valence-corrected chi connectivity index (χ3v) is 6.84. The molecule has 0 bridgehead atoms. The van der Waals surface area contributed by atoms with E-state index in [1.54, 1.807) is 6.20 Å². The van der Waals surface area contributed by atoms with Crippen LogP contribution in [0.15, 0.2) is 91.3 Å². The minimum absolute atomic E-state index is 0.00221. The van der Waals surface area contributed by atoms with Crippen LogP contribution in [-0.2, 0) is 9.53 Å². The highest BCUT2D eigenvalue weighted by atomic mass is 32.1. The number of carbonyl (C=O) groups excluding carboxylic acids is 1. The summed E-state index contributed by atoms with van der Waals surface area (Å²) in [5.74, 6) is -0.204. The van der Waals surface area contributed by atoms with Gasteiger partial charge in [0.15, 0.2) is 5.11 Å². The standard InChI is InChI=1S/C29H30N6O2S/c1-33(2)21-13-15-22(16-14-21)34-18-6-8-25(34)28-27(24-7-4-5-17-30-24)32-29(38)35(28)23-11-9-20(10-12-23)31-26(36)19-37-3/h4-18,27-28H,19H2,1-3H3,(H,31,36)(H,32,38)/t27-,28-/m1/s1. The van der Waals surface area contributed by atoms with Crippen molar-refractivity contribution < 1.29 is 9.53 Å². The van der Waals surface area contributed by atoms with E-state index < -0.39 is 0 Å². The Bertz CT molecular complexity index is 1400. The van der Waals surface area contributed by atoms with Crippen LogP contribution in [0.4, 0.5) is 17.1 Å². The van der Waals surface area contributed by atoms with Gasteiger partial charge in [0.05, 0.1) is 11.7 Å². The summed E-state index contributed by atoms with van der Waals surface area (Å²) < 4.78 is 7.11. The maximum atomic E-state index is 12.0. The van der Waals surface area contributed by atoms with E-state index in [1.165, 1.54) is 7.11 Å². The fraction of sp³-hybridized carbons (Fsp3) is 0.207. The number of hydrogen-bond acceptors (Lipinski definition) is 5. The summed E-state index contributed by atoms with van der Waals surface area (Å²) in [6.45, 7) is 0.00221. The molecular weight excluding hydrogens is 496 g/mol. The Hall–Kier alpha value is -4.21. The Balaban J connectivity index is 1.54. The third kappa shape index (κ3) is 5.11. The van der Waals surface area contributed by atoms with Gasteiger partial charge in [0, 0.05) is 62.0 Å². The second-order valence-corrected chi connectivity index (χ2v) is 9.63. The van der Waals surface area contributed by atoms with Gasteiger partial charge in [-0.25, -0.2) is 0 Å². The van der Waals surface area contributed by atoms with E-state index in [1.807, 2.05) is 56.6 Å². The number of nitrogens with one attached hydrogen (secondary N) is 2. The van der Waals surface area contributed by atoms with E-state index >= 15 is 0 Å². The van der Waals surface area contributed by atoms with Crippen molar-refractivity contribution >= 4 is 40.3 Å². The van der Waals surface area contributed by atoms with Crippen molar-refractivity contribution in [2.24, 2.45) is 0 Å². The first-order chi connectivity index (χ1) is 18.5. The largest absolute Gasteiger partial charge is 0.378 e. The van der Waals surface area contributed by atoms with Crippen LogP contribution >= 0.6 is 12.2 Å². The Morgan fingerprint density at radius 2 is 1.76 bits per heavy atom. The molecule has 2 atom stereocenters. The monoisotopic (exact) mass is 526 g/mol. The molecule has 38 heavy (non-hydrogen) atoms. The lowest BCUT2D eigenvalue weighted by molar-refractivity contribution is -0.119. The van der Waals surface area contributed by atoms with E-state index in [-0.39, 0.29) is 24.6 Å². The highest BCUT2D eigenvalue weighted by Gasteiger charge is 2.42. The molecule has 0 unspecified atom stereocenters. The number of pyridine rings is 1. The molecule has 1 fully saturated rings. The van der Waals surface area contributed by atoms with Gasteiger partial charge in [-0.05, 0) is 85.0 Å². The number of amides is 1. The molecule has 0 saturated carbocycles. The van der Waals surface area contributed by atoms with Gasteiger partial charge in [-0.15, -0.1) is 0 Å². The molecular formula is C29H30N6O2S. The molecule has 2 aromatic carbocycles. The number of hydrogen-bond donors (Lipinski definition) is 2. The maximum absolute atomic E-state index is 12.0. The summed E-state index contributed by atoms with van der Waals surface area (Å²) in [4.78, 5) is 20.8. The van der Waals surface area contributed by atoms with Crippen molar-refractivity contribution in [3.8, 4) is 5.69 Å². The number of thiocarbonyl (C=S) groups is 1. The summed E-state index contributed by atoms with van der Waals surface area (Å²) in [6, 6.07) is 25.9. The predicted octanol–water partition coefficient (Wildman–Crippen LogP) is 4.70. The summed E-state index contributed by atoms with van der Waals surface area (Å²) in [7, 11) is 5.56. The zero-order valence-corrected chi connectivity index (χ0v) is 22.4. The normalized spacial score (nSPS) is 16.8. The van der Waals surface area contributed by atoms with Crippen LogP contribution in [0.5, 0.6) is 0 Å². The van der Waals surface area contributed by atoms with Gasteiger partial charge in [-0.2, -0.15) is 0 Å². The van der Waals surface area contributed by atoms with Crippen LogP contribution in [0.1, 0.15) is 23.5 Å². The Labute approximate surface area is 227 Å². The molecule has 2 aromatic heterocycles. The topological polar surface area (TPSA) is 74.7 Å². The molecule has 0 radical (unpaired) electrons. The zero-order chi connectivity index (χ0) is 26.6. The maximum Gasteiger partial charge on any atom is 0.250 e.